The zero-order valence-corrected chi connectivity index (χ0v) is 10.8. The normalized spacial score (nSPS) is 14.7. The van der Waals surface area contributed by atoms with Crippen LogP contribution in [0.15, 0.2) is 0 Å². The first-order valence-corrected chi connectivity index (χ1v) is 6.56. The van der Waals surface area contributed by atoms with Crippen molar-refractivity contribution in [2.24, 2.45) is 11.1 Å². The summed E-state index contributed by atoms with van der Waals surface area (Å²) in [5.74, 6) is -0.731. The topological polar surface area (TPSA) is 63.3 Å². The quantitative estimate of drug-likeness (QED) is 0.565. The van der Waals surface area contributed by atoms with Crippen LogP contribution >= 0.6 is 0 Å². The first-order valence-electron chi connectivity index (χ1n) is 6.56. The second-order valence-corrected chi connectivity index (χ2v) is 4.66. The minimum absolute atomic E-state index is 0.258. The predicted molar refractivity (Wildman–Crippen MR) is 67.4 cm³/mol. The van der Waals surface area contributed by atoms with Gasteiger partial charge < -0.3 is 10.8 Å². The molecule has 16 heavy (non-hydrogen) atoms. The van der Waals surface area contributed by atoms with Gasteiger partial charge in [-0.3, -0.25) is 4.79 Å². The van der Waals surface area contributed by atoms with E-state index in [1.807, 2.05) is 6.92 Å². The second-order valence-electron chi connectivity index (χ2n) is 4.66. The molecule has 0 saturated heterocycles. The molecule has 1 unspecified atom stereocenters. The predicted octanol–water partition coefficient (Wildman–Crippen LogP) is 3.18. The van der Waals surface area contributed by atoms with Gasteiger partial charge in [0.25, 0.3) is 0 Å². The third kappa shape index (κ3) is 4.97. The van der Waals surface area contributed by atoms with Crippen molar-refractivity contribution in [1.29, 1.82) is 0 Å². The fourth-order valence-corrected chi connectivity index (χ4v) is 2.01. The van der Waals surface area contributed by atoms with Gasteiger partial charge >= 0.3 is 5.97 Å². The van der Waals surface area contributed by atoms with Gasteiger partial charge in [0.2, 0.25) is 0 Å². The molecule has 0 amide bonds. The molecule has 0 aromatic carbocycles. The molecule has 3 nitrogen and oxygen atoms in total. The van der Waals surface area contributed by atoms with E-state index in [9.17, 15) is 9.90 Å². The largest absolute Gasteiger partial charge is 0.481 e. The van der Waals surface area contributed by atoms with Gasteiger partial charge in [-0.1, -0.05) is 52.4 Å². The van der Waals surface area contributed by atoms with E-state index in [1.165, 1.54) is 25.7 Å². The Balaban J connectivity index is 3.81. The minimum Gasteiger partial charge on any atom is -0.481 e. The number of carboxylic acids is 1. The maximum atomic E-state index is 11.2. The third-order valence-electron chi connectivity index (χ3n) is 3.53. The monoisotopic (exact) mass is 229 g/mol. The van der Waals surface area contributed by atoms with Gasteiger partial charge in [-0.15, -0.1) is 0 Å². The molecular formula is C13H27NO2. The number of rotatable bonds is 10. The van der Waals surface area contributed by atoms with Crippen LogP contribution in [0.5, 0.6) is 0 Å². The Morgan fingerprint density at radius 2 is 1.69 bits per heavy atom. The lowest BCUT2D eigenvalue weighted by atomic mass is 9.80. The highest BCUT2D eigenvalue weighted by Crippen LogP contribution is 2.28. The zero-order valence-electron chi connectivity index (χ0n) is 10.8. The van der Waals surface area contributed by atoms with E-state index >= 15 is 0 Å². The number of unbranched alkanes of at least 4 members (excludes halogenated alkanes) is 5. The zero-order chi connectivity index (χ0) is 12.4. The highest BCUT2D eigenvalue weighted by Gasteiger charge is 2.34. The van der Waals surface area contributed by atoms with Crippen LogP contribution < -0.4 is 5.73 Å². The van der Waals surface area contributed by atoms with Crippen molar-refractivity contribution in [3.8, 4) is 0 Å². The van der Waals surface area contributed by atoms with Gasteiger partial charge in [0.1, 0.15) is 0 Å². The van der Waals surface area contributed by atoms with Crippen molar-refractivity contribution in [3.63, 3.8) is 0 Å². The van der Waals surface area contributed by atoms with Crippen molar-refractivity contribution in [1.82, 2.24) is 0 Å². The smallest absolute Gasteiger partial charge is 0.310 e. The summed E-state index contributed by atoms with van der Waals surface area (Å²) >= 11 is 0. The molecule has 0 aromatic heterocycles. The molecule has 0 saturated carbocycles. The van der Waals surface area contributed by atoms with Crippen molar-refractivity contribution in [2.75, 3.05) is 6.54 Å². The Morgan fingerprint density at radius 1 is 1.12 bits per heavy atom. The van der Waals surface area contributed by atoms with Crippen LogP contribution in [-0.2, 0) is 4.79 Å². The molecule has 0 aliphatic carbocycles. The lowest BCUT2D eigenvalue weighted by molar-refractivity contribution is -0.149. The van der Waals surface area contributed by atoms with E-state index in [0.717, 1.165) is 19.3 Å². The SMILES string of the molecule is CCCCCCCCC(CC)(CN)C(=O)O. The lowest BCUT2D eigenvalue weighted by Gasteiger charge is -2.26. The summed E-state index contributed by atoms with van der Waals surface area (Å²) in [6, 6.07) is 0. The van der Waals surface area contributed by atoms with Crippen LogP contribution in [0.1, 0.15) is 65.2 Å². The molecule has 0 fully saturated rings. The van der Waals surface area contributed by atoms with Crippen LogP contribution in [0.3, 0.4) is 0 Å². The summed E-state index contributed by atoms with van der Waals surface area (Å²) in [5.41, 5.74) is 4.92. The van der Waals surface area contributed by atoms with Crippen molar-refractivity contribution in [2.45, 2.75) is 65.2 Å². The summed E-state index contributed by atoms with van der Waals surface area (Å²) in [7, 11) is 0. The Morgan fingerprint density at radius 3 is 2.12 bits per heavy atom. The average Bonchev–Trinajstić information content (AvgIpc) is 2.28. The second kappa shape index (κ2) is 8.57. The lowest BCUT2D eigenvalue weighted by Crippen LogP contribution is -2.38. The summed E-state index contributed by atoms with van der Waals surface area (Å²) < 4.78 is 0. The summed E-state index contributed by atoms with van der Waals surface area (Å²) in [6.07, 6.45) is 8.50. The molecule has 0 aromatic rings. The van der Waals surface area contributed by atoms with Crippen molar-refractivity contribution >= 4 is 5.97 Å². The molecule has 0 radical (unpaired) electrons. The van der Waals surface area contributed by atoms with E-state index in [-0.39, 0.29) is 6.54 Å². The minimum atomic E-state index is -0.731. The number of carboxylic acid groups (broad SMARTS) is 1. The average molecular weight is 229 g/mol. The number of hydrogen-bond donors (Lipinski definition) is 2. The molecule has 3 N–H and O–H groups in total. The summed E-state index contributed by atoms with van der Waals surface area (Å²) in [5, 5.41) is 9.18. The van der Waals surface area contributed by atoms with Crippen LogP contribution in [0.25, 0.3) is 0 Å². The highest BCUT2D eigenvalue weighted by molar-refractivity contribution is 5.74. The molecule has 96 valence electrons. The molecule has 0 spiro atoms. The molecule has 0 aliphatic heterocycles. The fourth-order valence-electron chi connectivity index (χ4n) is 2.01. The van der Waals surface area contributed by atoms with Gasteiger partial charge in [-0.05, 0) is 12.8 Å². The van der Waals surface area contributed by atoms with Crippen LogP contribution in [0.2, 0.25) is 0 Å². The summed E-state index contributed by atoms with van der Waals surface area (Å²) in [4.78, 5) is 11.2. The first kappa shape index (κ1) is 15.4. The Bertz CT molecular complexity index is 188. The van der Waals surface area contributed by atoms with Gasteiger partial charge in [0.05, 0.1) is 5.41 Å². The van der Waals surface area contributed by atoms with Crippen LogP contribution in [0, 0.1) is 5.41 Å². The van der Waals surface area contributed by atoms with Crippen molar-refractivity contribution < 1.29 is 9.90 Å². The number of nitrogens with two attached hydrogens (primary N) is 1. The number of carbonyl (C=O) groups is 1. The van der Waals surface area contributed by atoms with Gasteiger partial charge in [-0.25, -0.2) is 0 Å². The molecule has 0 aliphatic rings. The third-order valence-corrected chi connectivity index (χ3v) is 3.53. The fraction of sp³-hybridized carbons (Fsp3) is 0.923. The maximum Gasteiger partial charge on any atom is 0.310 e. The Labute approximate surface area is 99.4 Å². The van der Waals surface area contributed by atoms with Crippen LogP contribution in [0.4, 0.5) is 0 Å². The standard InChI is InChI=1S/C13H27NO2/c1-3-5-6-7-8-9-10-13(4-2,11-14)12(15)16/h3-11,14H2,1-2H3,(H,15,16). The maximum absolute atomic E-state index is 11.2. The number of hydrogen-bond acceptors (Lipinski definition) is 2. The first-order chi connectivity index (χ1) is 7.63. The van der Waals surface area contributed by atoms with E-state index in [0.29, 0.717) is 6.42 Å². The Kier molecular flexibility index (Phi) is 8.26. The van der Waals surface area contributed by atoms with E-state index in [2.05, 4.69) is 6.92 Å². The van der Waals surface area contributed by atoms with Crippen LogP contribution in [-0.4, -0.2) is 17.6 Å². The van der Waals surface area contributed by atoms with Crippen molar-refractivity contribution in [3.05, 3.63) is 0 Å². The van der Waals surface area contributed by atoms with E-state index in [4.69, 9.17) is 5.73 Å². The van der Waals surface area contributed by atoms with E-state index in [1.54, 1.807) is 0 Å². The van der Waals surface area contributed by atoms with Gasteiger partial charge in [0.15, 0.2) is 0 Å². The highest BCUT2D eigenvalue weighted by atomic mass is 16.4. The molecule has 0 bridgehead atoms. The number of aliphatic carboxylic acids is 1. The Hall–Kier alpha value is -0.570. The molecular weight excluding hydrogens is 202 g/mol. The molecule has 1 atom stereocenters. The van der Waals surface area contributed by atoms with Gasteiger partial charge in [0, 0.05) is 6.54 Å². The molecule has 3 heteroatoms. The molecule has 0 heterocycles. The summed E-state index contributed by atoms with van der Waals surface area (Å²) in [6.45, 7) is 4.37. The van der Waals surface area contributed by atoms with Gasteiger partial charge in [-0.2, -0.15) is 0 Å². The molecule has 0 rings (SSSR count). The van der Waals surface area contributed by atoms with E-state index < -0.39 is 11.4 Å².